The van der Waals surface area contributed by atoms with Gasteiger partial charge >= 0.3 is 0 Å². The highest BCUT2D eigenvalue weighted by Crippen LogP contribution is 2.23. The van der Waals surface area contributed by atoms with Crippen LogP contribution in [0.15, 0.2) is 41.1 Å². The first-order valence-electron chi connectivity index (χ1n) is 6.96. The zero-order valence-corrected chi connectivity index (χ0v) is 12.1. The maximum absolute atomic E-state index is 12.4. The maximum Gasteiger partial charge on any atom is 0.268 e. The van der Waals surface area contributed by atoms with Crippen LogP contribution in [0.4, 0.5) is 0 Å². The summed E-state index contributed by atoms with van der Waals surface area (Å²) < 4.78 is 7.56. The lowest BCUT2D eigenvalue weighted by atomic mass is 10.3. The van der Waals surface area contributed by atoms with E-state index in [-0.39, 0.29) is 5.91 Å². The van der Waals surface area contributed by atoms with Gasteiger partial charge in [-0.2, -0.15) is 0 Å². The van der Waals surface area contributed by atoms with Gasteiger partial charge in [-0.1, -0.05) is 6.07 Å². The first kappa shape index (κ1) is 13.4. The van der Waals surface area contributed by atoms with E-state index in [1.807, 2.05) is 36.6 Å². The number of hydrogen-bond acceptors (Lipinski definition) is 3. The summed E-state index contributed by atoms with van der Waals surface area (Å²) in [6.07, 6.45) is 3.46. The van der Waals surface area contributed by atoms with Crippen molar-refractivity contribution in [3.63, 3.8) is 0 Å². The van der Waals surface area contributed by atoms with E-state index in [0.717, 1.165) is 29.0 Å². The van der Waals surface area contributed by atoms with Crippen molar-refractivity contribution < 1.29 is 9.21 Å². The molecule has 3 heterocycles. The maximum atomic E-state index is 12.4. The number of rotatable bonds is 4. The van der Waals surface area contributed by atoms with Crippen LogP contribution in [0.1, 0.15) is 28.7 Å². The van der Waals surface area contributed by atoms with Crippen molar-refractivity contribution in [2.24, 2.45) is 0 Å². The number of nitrogens with one attached hydrogen (secondary N) is 1. The van der Waals surface area contributed by atoms with Gasteiger partial charge in [-0.05, 0) is 25.5 Å². The Kier molecular flexibility index (Phi) is 3.48. The van der Waals surface area contributed by atoms with Crippen molar-refractivity contribution in [2.75, 3.05) is 0 Å². The van der Waals surface area contributed by atoms with E-state index in [1.54, 1.807) is 18.5 Å². The average Bonchev–Trinajstić information content (AvgIpc) is 3.01. The molecule has 0 bridgehead atoms. The van der Waals surface area contributed by atoms with Gasteiger partial charge in [0, 0.05) is 37.6 Å². The first-order chi connectivity index (χ1) is 10.2. The predicted octanol–water partition coefficient (Wildman–Crippen LogP) is 2.89. The second-order valence-electron chi connectivity index (χ2n) is 4.92. The molecule has 3 aromatic rings. The molecule has 108 valence electrons. The lowest BCUT2D eigenvalue weighted by Gasteiger charge is -2.08. The normalized spacial score (nSPS) is 11.0. The minimum atomic E-state index is -0.107. The summed E-state index contributed by atoms with van der Waals surface area (Å²) in [5.74, 6) is 0.745. The van der Waals surface area contributed by atoms with Crippen LogP contribution in [-0.4, -0.2) is 15.5 Å². The fourth-order valence-electron chi connectivity index (χ4n) is 2.47. The van der Waals surface area contributed by atoms with E-state index in [4.69, 9.17) is 4.42 Å². The number of fused-ring (bicyclic) bond motifs is 1. The van der Waals surface area contributed by atoms with Crippen molar-refractivity contribution in [1.29, 1.82) is 0 Å². The van der Waals surface area contributed by atoms with Crippen molar-refractivity contribution in [1.82, 2.24) is 14.9 Å². The fourth-order valence-corrected chi connectivity index (χ4v) is 2.47. The molecular weight excluding hydrogens is 266 g/mol. The zero-order valence-electron chi connectivity index (χ0n) is 12.1. The van der Waals surface area contributed by atoms with Crippen LogP contribution in [0.5, 0.6) is 0 Å². The monoisotopic (exact) mass is 283 g/mol. The van der Waals surface area contributed by atoms with Crippen molar-refractivity contribution in [2.45, 2.75) is 26.9 Å². The standard InChI is InChI=1S/C16H17N3O2/c1-3-19-13-7-11(2)21-15(13)8-14(19)16(20)18-10-12-5-4-6-17-9-12/h4-9H,3,10H2,1-2H3,(H,18,20). The molecule has 0 aliphatic rings. The largest absolute Gasteiger partial charge is 0.460 e. The quantitative estimate of drug-likeness (QED) is 0.801. The third-order valence-corrected chi connectivity index (χ3v) is 3.44. The summed E-state index contributed by atoms with van der Waals surface area (Å²) >= 11 is 0. The molecule has 0 unspecified atom stereocenters. The number of furan rings is 1. The molecule has 0 aliphatic heterocycles. The lowest BCUT2D eigenvalue weighted by Crippen LogP contribution is -2.25. The zero-order chi connectivity index (χ0) is 14.8. The van der Waals surface area contributed by atoms with Gasteiger partial charge in [0.05, 0.1) is 5.52 Å². The second-order valence-corrected chi connectivity index (χ2v) is 4.92. The smallest absolute Gasteiger partial charge is 0.268 e. The molecule has 0 atom stereocenters. The van der Waals surface area contributed by atoms with Crippen LogP contribution in [0.25, 0.3) is 11.1 Å². The third kappa shape index (κ3) is 2.54. The van der Waals surface area contributed by atoms with Crippen LogP contribution >= 0.6 is 0 Å². The SMILES string of the molecule is CCn1c(C(=O)NCc2cccnc2)cc2oc(C)cc21. The van der Waals surface area contributed by atoms with Gasteiger partial charge < -0.3 is 14.3 Å². The second kappa shape index (κ2) is 5.44. The number of hydrogen-bond donors (Lipinski definition) is 1. The Morgan fingerprint density at radius 1 is 1.43 bits per heavy atom. The van der Waals surface area contributed by atoms with Crippen molar-refractivity contribution in [3.05, 3.63) is 53.7 Å². The summed E-state index contributed by atoms with van der Waals surface area (Å²) in [6, 6.07) is 7.54. The number of amides is 1. The molecule has 3 rings (SSSR count). The van der Waals surface area contributed by atoms with Crippen LogP contribution in [0.3, 0.4) is 0 Å². The van der Waals surface area contributed by atoms with Crippen molar-refractivity contribution in [3.8, 4) is 0 Å². The van der Waals surface area contributed by atoms with Gasteiger partial charge in [-0.25, -0.2) is 0 Å². The summed E-state index contributed by atoms with van der Waals surface area (Å²) in [5.41, 5.74) is 3.30. The Labute approximate surface area is 122 Å². The minimum absolute atomic E-state index is 0.107. The highest BCUT2D eigenvalue weighted by molar-refractivity contribution is 5.97. The molecule has 0 saturated carbocycles. The van der Waals surface area contributed by atoms with Crippen LogP contribution in [-0.2, 0) is 13.1 Å². The van der Waals surface area contributed by atoms with E-state index in [9.17, 15) is 4.79 Å². The van der Waals surface area contributed by atoms with Gasteiger partial charge in [0.15, 0.2) is 5.58 Å². The topological polar surface area (TPSA) is 60.1 Å². The summed E-state index contributed by atoms with van der Waals surface area (Å²) in [7, 11) is 0. The number of pyridine rings is 1. The molecule has 0 spiro atoms. The highest BCUT2D eigenvalue weighted by Gasteiger charge is 2.17. The lowest BCUT2D eigenvalue weighted by molar-refractivity contribution is 0.0942. The molecule has 0 saturated heterocycles. The van der Waals surface area contributed by atoms with Gasteiger partial charge in [0.1, 0.15) is 11.5 Å². The van der Waals surface area contributed by atoms with Gasteiger partial charge in [0.2, 0.25) is 0 Å². The van der Waals surface area contributed by atoms with Gasteiger partial charge in [-0.3, -0.25) is 9.78 Å². The van der Waals surface area contributed by atoms with E-state index in [0.29, 0.717) is 12.2 Å². The Balaban J connectivity index is 1.82. The number of carbonyl (C=O) groups excluding carboxylic acids is 1. The fraction of sp³-hybridized carbons (Fsp3) is 0.250. The molecule has 3 aromatic heterocycles. The number of nitrogens with zero attached hydrogens (tertiary/aromatic N) is 2. The summed E-state index contributed by atoms with van der Waals surface area (Å²) in [4.78, 5) is 16.4. The Bertz CT molecular complexity index is 772. The molecule has 21 heavy (non-hydrogen) atoms. The van der Waals surface area contributed by atoms with E-state index in [2.05, 4.69) is 10.3 Å². The summed E-state index contributed by atoms with van der Waals surface area (Å²) in [5, 5.41) is 2.91. The molecule has 0 fully saturated rings. The Hall–Kier alpha value is -2.56. The minimum Gasteiger partial charge on any atom is -0.460 e. The van der Waals surface area contributed by atoms with E-state index >= 15 is 0 Å². The third-order valence-electron chi connectivity index (χ3n) is 3.44. The van der Waals surface area contributed by atoms with Crippen LogP contribution < -0.4 is 5.32 Å². The Morgan fingerprint density at radius 3 is 3.00 bits per heavy atom. The molecule has 5 heteroatoms. The van der Waals surface area contributed by atoms with Crippen LogP contribution in [0.2, 0.25) is 0 Å². The molecule has 1 N–H and O–H groups in total. The predicted molar refractivity (Wildman–Crippen MR) is 80.0 cm³/mol. The highest BCUT2D eigenvalue weighted by atomic mass is 16.3. The number of carbonyl (C=O) groups is 1. The average molecular weight is 283 g/mol. The summed E-state index contributed by atoms with van der Waals surface area (Å²) in [6.45, 7) is 5.10. The van der Waals surface area contributed by atoms with Gasteiger partial charge in [0.25, 0.3) is 5.91 Å². The molecule has 0 radical (unpaired) electrons. The van der Waals surface area contributed by atoms with Crippen LogP contribution in [0, 0.1) is 6.92 Å². The van der Waals surface area contributed by atoms with Gasteiger partial charge in [-0.15, -0.1) is 0 Å². The molecule has 0 aliphatic carbocycles. The van der Waals surface area contributed by atoms with Crippen molar-refractivity contribution >= 4 is 17.0 Å². The van der Waals surface area contributed by atoms with E-state index in [1.165, 1.54) is 0 Å². The van der Waals surface area contributed by atoms with E-state index < -0.39 is 0 Å². The molecular formula is C16H17N3O2. The first-order valence-corrected chi connectivity index (χ1v) is 6.96. The molecule has 5 nitrogen and oxygen atoms in total. The number of aromatic nitrogens is 2. The molecule has 0 aromatic carbocycles. The Morgan fingerprint density at radius 2 is 2.29 bits per heavy atom. The number of aryl methyl sites for hydroxylation is 2. The molecule has 1 amide bonds.